The van der Waals surface area contributed by atoms with Crippen LogP contribution in [-0.2, 0) is 0 Å². The molecule has 0 atom stereocenters. The van der Waals surface area contributed by atoms with Gasteiger partial charge in [-0.25, -0.2) is 9.37 Å². The molecular formula is C12H6BrF2N3O3. The Kier molecular flexibility index (Phi) is 4.22. The number of anilines is 1. The number of non-ortho nitro benzene ring substituents is 1. The number of pyridine rings is 1. The smallest absolute Gasteiger partial charge is 0.271 e. The van der Waals surface area contributed by atoms with Gasteiger partial charge in [0.15, 0.2) is 5.82 Å². The molecule has 0 saturated heterocycles. The van der Waals surface area contributed by atoms with E-state index >= 15 is 0 Å². The Bertz CT molecular complexity index is 740. The van der Waals surface area contributed by atoms with E-state index in [1.165, 1.54) is 12.1 Å². The molecule has 1 heterocycles. The van der Waals surface area contributed by atoms with Crippen LogP contribution < -0.4 is 5.32 Å². The Morgan fingerprint density at radius 2 is 2.05 bits per heavy atom. The van der Waals surface area contributed by atoms with Gasteiger partial charge in [-0.15, -0.1) is 0 Å². The standard InChI is InChI=1S/C12H6BrF2N3O3/c13-8-2-1-6(18(20)21)5-9(8)17-12(19)7-3-4-16-11(15)10(7)14/h1-5H,(H,17,19). The van der Waals surface area contributed by atoms with Crippen molar-refractivity contribution in [2.24, 2.45) is 0 Å². The van der Waals surface area contributed by atoms with Crippen LogP contribution in [0.3, 0.4) is 0 Å². The van der Waals surface area contributed by atoms with Crippen LogP contribution >= 0.6 is 15.9 Å². The van der Waals surface area contributed by atoms with Crippen molar-refractivity contribution in [2.75, 3.05) is 5.32 Å². The first kappa shape index (κ1) is 15.0. The molecule has 1 N–H and O–H groups in total. The average molecular weight is 358 g/mol. The van der Waals surface area contributed by atoms with Crippen LogP contribution in [0.5, 0.6) is 0 Å². The molecule has 0 bridgehead atoms. The molecule has 1 amide bonds. The number of rotatable bonds is 3. The molecule has 21 heavy (non-hydrogen) atoms. The predicted octanol–water partition coefficient (Wildman–Crippen LogP) is 3.28. The van der Waals surface area contributed by atoms with Gasteiger partial charge in [0.1, 0.15) is 0 Å². The van der Waals surface area contributed by atoms with Crippen LogP contribution in [0.2, 0.25) is 0 Å². The van der Waals surface area contributed by atoms with Crippen molar-refractivity contribution in [3.63, 3.8) is 0 Å². The zero-order valence-electron chi connectivity index (χ0n) is 10.1. The first-order chi connectivity index (χ1) is 9.90. The summed E-state index contributed by atoms with van der Waals surface area (Å²) < 4.78 is 26.8. The lowest BCUT2D eigenvalue weighted by atomic mass is 10.2. The minimum atomic E-state index is -1.40. The fourth-order valence-electron chi connectivity index (χ4n) is 1.51. The number of nitro benzene ring substituents is 1. The van der Waals surface area contributed by atoms with Gasteiger partial charge >= 0.3 is 0 Å². The number of benzene rings is 1. The van der Waals surface area contributed by atoms with Crippen molar-refractivity contribution in [2.45, 2.75) is 0 Å². The predicted molar refractivity (Wildman–Crippen MR) is 72.9 cm³/mol. The Balaban J connectivity index is 2.33. The lowest BCUT2D eigenvalue weighted by Gasteiger charge is -2.08. The van der Waals surface area contributed by atoms with Gasteiger partial charge in [-0.2, -0.15) is 4.39 Å². The van der Waals surface area contributed by atoms with Crippen molar-refractivity contribution in [1.82, 2.24) is 4.98 Å². The highest BCUT2D eigenvalue weighted by Crippen LogP contribution is 2.27. The minimum absolute atomic E-state index is 0.0609. The van der Waals surface area contributed by atoms with E-state index in [1.807, 2.05) is 0 Å². The molecule has 0 unspecified atom stereocenters. The second-order valence-electron chi connectivity index (χ2n) is 3.84. The zero-order valence-corrected chi connectivity index (χ0v) is 11.7. The van der Waals surface area contributed by atoms with E-state index < -0.39 is 28.2 Å². The summed E-state index contributed by atoms with van der Waals surface area (Å²) in [6.07, 6.45) is 0.940. The van der Waals surface area contributed by atoms with Crippen LogP contribution in [0.15, 0.2) is 34.9 Å². The van der Waals surface area contributed by atoms with Gasteiger partial charge in [-0.1, -0.05) is 0 Å². The first-order valence-corrected chi connectivity index (χ1v) is 6.24. The van der Waals surface area contributed by atoms with E-state index in [2.05, 4.69) is 26.2 Å². The van der Waals surface area contributed by atoms with Gasteiger partial charge in [0, 0.05) is 22.8 Å². The molecule has 2 rings (SSSR count). The summed E-state index contributed by atoms with van der Waals surface area (Å²) in [6.45, 7) is 0. The molecule has 0 aliphatic heterocycles. The molecule has 1 aromatic carbocycles. The third-order valence-corrected chi connectivity index (χ3v) is 3.19. The molecule has 0 aliphatic rings. The fourth-order valence-corrected chi connectivity index (χ4v) is 1.85. The Hall–Kier alpha value is -2.42. The van der Waals surface area contributed by atoms with E-state index in [9.17, 15) is 23.7 Å². The summed E-state index contributed by atoms with van der Waals surface area (Å²) in [4.78, 5) is 25.0. The van der Waals surface area contributed by atoms with E-state index in [0.29, 0.717) is 4.47 Å². The highest BCUT2D eigenvalue weighted by molar-refractivity contribution is 9.10. The zero-order chi connectivity index (χ0) is 15.6. The van der Waals surface area contributed by atoms with Crippen molar-refractivity contribution in [3.05, 3.63) is 62.4 Å². The van der Waals surface area contributed by atoms with Gasteiger partial charge in [0.2, 0.25) is 5.95 Å². The third kappa shape index (κ3) is 3.19. The second kappa shape index (κ2) is 5.92. The van der Waals surface area contributed by atoms with Crippen LogP contribution in [0, 0.1) is 21.9 Å². The molecule has 0 saturated carbocycles. The largest absolute Gasteiger partial charge is 0.321 e. The van der Waals surface area contributed by atoms with Crippen LogP contribution in [0.1, 0.15) is 10.4 Å². The summed E-state index contributed by atoms with van der Waals surface area (Å²) in [5.74, 6) is -3.74. The maximum absolute atomic E-state index is 13.4. The molecule has 0 radical (unpaired) electrons. The summed E-state index contributed by atoms with van der Waals surface area (Å²) >= 11 is 3.10. The molecule has 6 nitrogen and oxygen atoms in total. The number of carbonyl (C=O) groups is 1. The van der Waals surface area contributed by atoms with E-state index in [0.717, 1.165) is 18.3 Å². The molecule has 108 valence electrons. The molecule has 1 aromatic heterocycles. The molecular weight excluding hydrogens is 352 g/mol. The summed E-state index contributed by atoms with van der Waals surface area (Å²) in [5.41, 5.74) is -0.749. The highest BCUT2D eigenvalue weighted by Gasteiger charge is 2.18. The lowest BCUT2D eigenvalue weighted by molar-refractivity contribution is -0.384. The van der Waals surface area contributed by atoms with Crippen molar-refractivity contribution in [3.8, 4) is 0 Å². The van der Waals surface area contributed by atoms with Gasteiger partial charge in [0.25, 0.3) is 11.6 Å². The number of halogens is 3. The van der Waals surface area contributed by atoms with E-state index in [1.54, 1.807) is 0 Å². The Labute approximate surface area is 125 Å². The van der Waals surface area contributed by atoms with Crippen LogP contribution in [0.4, 0.5) is 20.2 Å². The average Bonchev–Trinajstić information content (AvgIpc) is 2.43. The fraction of sp³-hybridized carbons (Fsp3) is 0. The quantitative estimate of drug-likeness (QED) is 0.518. The van der Waals surface area contributed by atoms with Crippen molar-refractivity contribution >= 4 is 33.2 Å². The Morgan fingerprint density at radius 3 is 2.71 bits per heavy atom. The van der Waals surface area contributed by atoms with Crippen molar-refractivity contribution < 1.29 is 18.5 Å². The maximum Gasteiger partial charge on any atom is 0.271 e. The van der Waals surface area contributed by atoms with Gasteiger partial charge in [-0.3, -0.25) is 14.9 Å². The van der Waals surface area contributed by atoms with Gasteiger partial charge < -0.3 is 5.32 Å². The highest BCUT2D eigenvalue weighted by atomic mass is 79.9. The number of nitrogens with zero attached hydrogens (tertiary/aromatic N) is 2. The normalized spacial score (nSPS) is 10.2. The van der Waals surface area contributed by atoms with E-state index in [-0.39, 0.29) is 11.4 Å². The topological polar surface area (TPSA) is 85.1 Å². The first-order valence-electron chi connectivity index (χ1n) is 5.45. The van der Waals surface area contributed by atoms with Crippen molar-refractivity contribution in [1.29, 1.82) is 0 Å². The molecule has 2 aromatic rings. The molecule has 0 aliphatic carbocycles. The number of amides is 1. The molecule has 0 spiro atoms. The Morgan fingerprint density at radius 1 is 1.33 bits per heavy atom. The molecule has 0 fully saturated rings. The number of nitro groups is 1. The monoisotopic (exact) mass is 357 g/mol. The van der Waals surface area contributed by atoms with Gasteiger partial charge in [-0.05, 0) is 28.1 Å². The SMILES string of the molecule is O=C(Nc1cc([N+](=O)[O-])ccc1Br)c1ccnc(F)c1F. The molecule has 9 heteroatoms. The summed E-state index contributed by atoms with van der Waals surface area (Å²) in [6, 6.07) is 4.68. The van der Waals surface area contributed by atoms with Crippen LogP contribution in [0.25, 0.3) is 0 Å². The number of nitrogens with one attached hydrogen (secondary N) is 1. The number of aromatic nitrogens is 1. The summed E-state index contributed by atoms with van der Waals surface area (Å²) in [5, 5.41) is 12.9. The third-order valence-electron chi connectivity index (χ3n) is 2.50. The minimum Gasteiger partial charge on any atom is -0.321 e. The lowest BCUT2D eigenvalue weighted by Crippen LogP contribution is -2.15. The number of carbonyl (C=O) groups excluding carboxylic acids is 1. The summed E-state index contributed by atoms with van der Waals surface area (Å²) in [7, 11) is 0. The van der Waals surface area contributed by atoms with Gasteiger partial charge in [0.05, 0.1) is 16.2 Å². The number of hydrogen-bond acceptors (Lipinski definition) is 4. The maximum atomic E-state index is 13.4. The van der Waals surface area contributed by atoms with Crippen LogP contribution in [-0.4, -0.2) is 15.8 Å². The second-order valence-corrected chi connectivity index (χ2v) is 4.69. The number of hydrogen-bond donors (Lipinski definition) is 1. The van der Waals surface area contributed by atoms with E-state index in [4.69, 9.17) is 0 Å².